The van der Waals surface area contributed by atoms with Crippen molar-refractivity contribution in [3.05, 3.63) is 29.7 Å². The van der Waals surface area contributed by atoms with E-state index >= 15 is 0 Å². The van der Waals surface area contributed by atoms with Crippen LogP contribution in [0.3, 0.4) is 0 Å². The number of aryl methyl sites for hydroxylation is 1. The Morgan fingerprint density at radius 3 is 2.74 bits per heavy atom. The number of hydrogen-bond donors (Lipinski definition) is 1. The van der Waals surface area contributed by atoms with E-state index in [1.807, 2.05) is 13.0 Å². The van der Waals surface area contributed by atoms with Crippen LogP contribution in [0, 0.1) is 12.3 Å². The molecule has 1 aliphatic rings. The number of fused-ring (bicyclic) bond motifs is 1. The average molecular weight is 316 g/mol. The number of carboxylic acids is 1. The lowest BCUT2D eigenvalue weighted by atomic mass is 9.65. The molecule has 0 saturated heterocycles. The first-order valence-corrected chi connectivity index (χ1v) is 7.85. The largest absolute Gasteiger partial charge is 0.490 e. The van der Waals surface area contributed by atoms with Crippen LogP contribution in [-0.2, 0) is 4.79 Å². The molecule has 1 N–H and O–H groups in total. The fourth-order valence-corrected chi connectivity index (χ4v) is 3.22. The zero-order valence-electron chi connectivity index (χ0n) is 13.3. The van der Waals surface area contributed by atoms with Gasteiger partial charge in [-0.15, -0.1) is 0 Å². The molecule has 2 aromatic heterocycles. The van der Waals surface area contributed by atoms with Crippen LogP contribution in [-0.4, -0.2) is 32.9 Å². The molecule has 0 bridgehead atoms. The van der Waals surface area contributed by atoms with Gasteiger partial charge >= 0.3 is 5.97 Å². The van der Waals surface area contributed by atoms with E-state index in [0.29, 0.717) is 42.2 Å². The summed E-state index contributed by atoms with van der Waals surface area (Å²) in [6.45, 7) is 4.17. The van der Waals surface area contributed by atoms with E-state index in [-0.39, 0.29) is 12.2 Å². The van der Waals surface area contributed by atoms with Crippen LogP contribution in [0.1, 0.15) is 48.8 Å². The Morgan fingerprint density at radius 1 is 1.43 bits per heavy atom. The Balaban J connectivity index is 1.99. The van der Waals surface area contributed by atoms with E-state index in [4.69, 9.17) is 4.74 Å². The van der Waals surface area contributed by atoms with Crippen LogP contribution in [0.25, 0.3) is 5.65 Å². The molecule has 2 aromatic rings. The summed E-state index contributed by atoms with van der Waals surface area (Å²) in [6.07, 6.45) is 3.78. The van der Waals surface area contributed by atoms with Gasteiger partial charge in [0.15, 0.2) is 17.2 Å². The topological polar surface area (TPSA) is 80.9 Å². The SMILES string of the molecule is CCOc1cccn2c(C(=O)CC3(C(=O)O)CCC3)c(C)nc12. The van der Waals surface area contributed by atoms with Crippen LogP contribution >= 0.6 is 0 Å². The zero-order chi connectivity index (χ0) is 16.6. The molecule has 1 fully saturated rings. The third-order valence-corrected chi connectivity index (χ3v) is 4.62. The summed E-state index contributed by atoms with van der Waals surface area (Å²) in [6, 6.07) is 3.61. The van der Waals surface area contributed by atoms with Crippen molar-refractivity contribution >= 4 is 17.4 Å². The van der Waals surface area contributed by atoms with Gasteiger partial charge in [-0.05, 0) is 38.8 Å². The second-order valence-electron chi connectivity index (χ2n) is 6.08. The monoisotopic (exact) mass is 316 g/mol. The molecular formula is C17H20N2O4. The molecule has 0 unspecified atom stereocenters. The van der Waals surface area contributed by atoms with Crippen LogP contribution < -0.4 is 4.74 Å². The number of carbonyl (C=O) groups is 2. The fraction of sp³-hybridized carbons (Fsp3) is 0.471. The lowest BCUT2D eigenvalue weighted by Gasteiger charge is -2.36. The van der Waals surface area contributed by atoms with Crippen molar-refractivity contribution in [2.24, 2.45) is 5.41 Å². The van der Waals surface area contributed by atoms with Crippen molar-refractivity contribution in [3.63, 3.8) is 0 Å². The van der Waals surface area contributed by atoms with Gasteiger partial charge in [-0.2, -0.15) is 0 Å². The number of pyridine rings is 1. The Morgan fingerprint density at radius 2 is 2.17 bits per heavy atom. The molecule has 0 aliphatic heterocycles. The van der Waals surface area contributed by atoms with Gasteiger partial charge in [-0.3, -0.25) is 14.0 Å². The van der Waals surface area contributed by atoms with Gasteiger partial charge in [0.1, 0.15) is 5.69 Å². The predicted molar refractivity (Wildman–Crippen MR) is 84.0 cm³/mol. The molecule has 0 atom stereocenters. The number of Topliss-reactive ketones (excluding diaryl/α,β-unsaturated/α-hetero) is 1. The average Bonchev–Trinajstić information content (AvgIpc) is 2.80. The Hall–Kier alpha value is -2.37. The summed E-state index contributed by atoms with van der Waals surface area (Å²) < 4.78 is 7.26. The number of imidazole rings is 1. The quantitative estimate of drug-likeness (QED) is 0.829. The van der Waals surface area contributed by atoms with Gasteiger partial charge in [0.25, 0.3) is 0 Å². The van der Waals surface area contributed by atoms with Crippen molar-refractivity contribution in [2.75, 3.05) is 6.61 Å². The lowest BCUT2D eigenvalue weighted by molar-refractivity contribution is -0.154. The predicted octanol–water partition coefficient (Wildman–Crippen LogP) is 2.87. The molecule has 3 rings (SSSR count). The van der Waals surface area contributed by atoms with E-state index in [2.05, 4.69) is 4.98 Å². The summed E-state index contributed by atoms with van der Waals surface area (Å²) in [7, 11) is 0. The second kappa shape index (κ2) is 5.68. The van der Waals surface area contributed by atoms with Crippen LogP contribution in [0.2, 0.25) is 0 Å². The normalized spacial score (nSPS) is 16.1. The fourth-order valence-electron chi connectivity index (χ4n) is 3.22. The molecule has 0 spiro atoms. The summed E-state index contributed by atoms with van der Waals surface area (Å²) >= 11 is 0. The van der Waals surface area contributed by atoms with Crippen LogP contribution in [0.5, 0.6) is 5.75 Å². The van der Waals surface area contributed by atoms with Gasteiger partial charge in [-0.25, -0.2) is 4.98 Å². The highest BCUT2D eigenvalue weighted by atomic mass is 16.5. The van der Waals surface area contributed by atoms with Gasteiger partial charge in [0.05, 0.1) is 17.7 Å². The highest BCUT2D eigenvalue weighted by Crippen LogP contribution is 2.45. The number of ketones is 1. The third kappa shape index (κ3) is 2.48. The summed E-state index contributed by atoms with van der Waals surface area (Å²) in [5.74, 6) is -0.432. The number of nitrogens with zero attached hydrogens (tertiary/aromatic N) is 2. The number of hydrogen-bond acceptors (Lipinski definition) is 4. The van der Waals surface area contributed by atoms with Gasteiger partial charge in [-0.1, -0.05) is 6.42 Å². The zero-order valence-corrected chi connectivity index (χ0v) is 13.3. The molecule has 1 aliphatic carbocycles. The minimum Gasteiger partial charge on any atom is -0.490 e. The molecule has 2 heterocycles. The van der Waals surface area contributed by atoms with Crippen LogP contribution in [0.15, 0.2) is 18.3 Å². The van der Waals surface area contributed by atoms with E-state index in [1.165, 1.54) is 0 Å². The van der Waals surface area contributed by atoms with E-state index in [9.17, 15) is 14.7 Å². The third-order valence-electron chi connectivity index (χ3n) is 4.62. The maximum Gasteiger partial charge on any atom is 0.310 e. The number of ether oxygens (including phenoxy) is 1. The highest BCUT2D eigenvalue weighted by Gasteiger charge is 2.46. The van der Waals surface area contributed by atoms with Crippen molar-refractivity contribution in [1.82, 2.24) is 9.38 Å². The molecule has 6 heteroatoms. The number of aliphatic carboxylic acids is 1. The molecule has 23 heavy (non-hydrogen) atoms. The molecule has 122 valence electrons. The van der Waals surface area contributed by atoms with Crippen molar-refractivity contribution < 1.29 is 19.4 Å². The summed E-state index contributed by atoms with van der Waals surface area (Å²) in [4.78, 5) is 28.7. The van der Waals surface area contributed by atoms with Gasteiger partial charge in [0, 0.05) is 12.6 Å². The Kier molecular flexibility index (Phi) is 3.83. The maximum atomic E-state index is 12.8. The minimum atomic E-state index is -0.898. The Bertz CT molecular complexity index is 774. The van der Waals surface area contributed by atoms with E-state index < -0.39 is 11.4 Å². The van der Waals surface area contributed by atoms with E-state index in [1.54, 1.807) is 23.6 Å². The minimum absolute atomic E-state index is 0.0236. The molecular weight excluding hydrogens is 296 g/mol. The smallest absolute Gasteiger partial charge is 0.310 e. The second-order valence-corrected chi connectivity index (χ2v) is 6.08. The van der Waals surface area contributed by atoms with Crippen molar-refractivity contribution in [2.45, 2.75) is 39.5 Å². The highest BCUT2D eigenvalue weighted by molar-refractivity contribution is 5.99. The van der Waals surface area contributed by atoms with E-state index in [0.717, 1.165) is 6.42 Å². The number of aromatic nitrogens is 2. The molecule has 0 radical (unpaired) electrons. The number of carbonyl (C=O) groups excluding carboxylic acids is 1. The first-order chi connectivity index (χ1) is 11.0. The van der Waals surface area contributed by atoms with Crippen LogP contribution in [0.4, 0.5) is 0 Å². The number of rotatable bonds is 6. The van der Waals surface area contributed by atoms with Crippen molar-refractivity contribution in [3.8, 4) is 5.75 Å². The van der Waals surface area contributed by atoms with Crippen molar-refractivity contribution in [1.29, 1.82) is 0 Å². The molecule has 1 saturated carbocycles. The summed E-state index contributed by atoms with van der Waals surface area (Å²) in [5, 5.41) is 9.43. The van der Waals surface area contributed by atoms with Gasteiger partial charge in [0.2, 0.25) is 0 Å². The molecule has 6 nitrogen and oxygen atoms in total. The van der Waals surface area contributed by atoms with Gasteiger partial charge < -0.3 is 9.84 Å². The maximum absolute atomic E-state index is 12.8. The first-order valence-electron chi connectivity index (χ1n) is 7.85. The Labute approximate surface area is 134 Å². The molecule has 0 amide bonds. The lowest BCUT2D eigenvalue weighted by Crippen LogP contribution is -2.40. The standard InChI is InChI=1S/C17H20N2O4/c1-3-23-13-6-4-9-19-14(11(2)18-15(13)19)12(20)10-17(16(21)22)7-5-8-17/h4,6,9H,3,5,7-8,10H2,1-2H3,(H,21,22). The first kappa shape index (κ1) is 15.5. The number of carboxylic acid groups (broad SMARTS) is 1. The summed E-state index contributed by atoms with van der Waals surface area (Å²) in [5.41, 5.74) is 0.745. The molecule has 0 aromatic carbocycles.